The molecule has 0 bridgehead atoms. The van der Waals surface area contributed by atoms with E-state index < -0.39 is 0 Å². The summed E-state index contributed by atoms with van der Waals surface area (Å²) in [6.45, 7) is 3.91. The van der Waals surface area contributed by atoms with Crippen molar-refractivity contribution in [2.45, 2.75) is 23.6 Å². The van der Waals surface area contributed by atoms with E-state index in [9.17, 15) is 9.59 Å². The highest BCUT2D eigenvalue weighted by Crippen LogP contribution is 2.51. The Kier molecular flexibility index (Phi) is 5.37. The van der Waals surface area contributed by atoms with Crippen LogP contribution in [0.2, 0.25) is 0 Å². The molecule has 0 fully saturated rings. The average molecular weight is 597 g/mol. The predicted molar refractivity (Wildman–Crippen MR) is 161 cm³/mol. The summed E-state index contributed by atoms with van der Waals surface area (Å²) in [5, 5.41) is 1.38. The molecule has 0 amide bonds. The van der Waals surface area contributed by atoms with Crippen LogP contribution in [-0.4, -0.2) is 20.2 Å². The molecule has 0 atom stereocenters. The van der Waals surface area contributed by atoms with E-state index in [4.69, 9.17) is 18.8 Å². The number of aryl methyl sites for hydroxylation is 2. The van der Waals surface area contributed by atoms with Gasteiger partial charge in [-0.3, -0.25) is 9.59 Å². The number of fused-ring (bicyclic) bond motifs is 3. The standard InChI is InChI=1S/C30H16N2O4S4/c1-13-3-6-16-21(11-13)37-29(33)23(16)24-17-7-5-15(12-22(17)38-30(24)34)18-9-10-20(36-18)26-32-28-27(40-26)31-25(39-28)19-8-4-14(2)35-19/h3-12H,1-2H3/b24-23+. The van der Waals surface area contributed by atoms with Gasteiger partial charge in [-0.25, -0.2) is 9.97 Å². The highest BCUT2D eigenvalue weighted by Gasteiger charge is 2.36. The Labute approximate surface area is 244 Å². The van der Waals surface area contributed by atoms with E-state index in [2.05, 4.69) is 0 Å². The smallest absolute Gasteiger partial charge is 0.225 e. The number of hydrogen-bond acceptors (Lipinski definition) is 10. The van der Waals surface area contributed by atoms with Crippen LogP contribution in [0.15, 0.2) is 79.3 Å². The highest BCUT2D eigenvalue weighted by atomic mass is 32.2. The minimum Gasteiger partial charge on any atom is -0.459 e. The number of thioether (sulfide) groups is 2. The van der Waals surface area contributed by atoms with Gasteiger partial charge in [0.2, 0.25) is 10.2 Å². The topological polar surface area (TPSA) is 86.2 Å². The summed E-state index contributed by atoms with van der Waals surface area (Å²) in [5.41, 5.74) is 4.56. The maximum Gasteiger partial charge on any atom is 0.225 e. The Balaban J connectivity index is 1.12. The van der Waals surface area contributed by atoms with Gasteiger partial charge in [0.25, 0.3) is 0 Å². The molecule has 6 heterocycles. The Morgan fingerprint density at radius 2 is 1.20 bits per heavy atom. The molecule has 2 aromatic carbocycles. The summed E-state index contributed by atoms with van der Waals surface area (Å²) in [5.74, 6) is 2.93. The van der Waals surface area contributed by atoms with Crippen LogP contribution < -0.4 is 0 Å². The maximum absolute atomic E-state index is 13.2. The molecule has 6 nitrogen and oxygen atoms in total. The number of carbonyl (C=O) groups excluding carboxylic acids is 2. The summed E-state index contributed by atoms with van der Waals surface area (Å²) >= 11 is 5.32. The van der Waals surface area contributed by atoms with Crippen LogP contribution in [0.5, 0.6) is 0 Å². The van der Waals surface area contributed by atoms with Gasteiger partial charge in [0.05, 0.1) is 0 Å². The Bertz CT molecular complexity index is 2060. The minimum absolute atomic E-state index is 0.0820. The van der Waals surface area contributed by atoms with Crippen LogP contribution in [0.1, 0.15) is 22.5 Å². The number of rotatable bonds is 3. The molecule has 0 saturated heterocycles. The lowest BCUT2D eigenvalue weighted by Crippen LogP contribution is -1.99. The van der Waals surface area contributed by atoms with E-state index in [1.165, 1.54) is 34.4 Å². The van der Waals surface area contributed by atoms with Gasteiger partial charge in [-0.1, -0.05) is 46.9 Å². The molecule has 0 N–H and O–H groups in total. The molecular formula is C30H16N2O4S4. The number of aromatic nitrogens is 2. The van der Waals surface area contributed by atoms with Crippen molar-refractivity contribution in [3.63, 3.8) is 0 Å². The van der Waals surface area contributed by atoms with Crippen LogP contribution >= 0.6 is 46.2 Å². The molecule has 4 aromatic heterocycles. The van der Waals surface area contributed by atoms with Gasteiger partial charge in [0.1, 0.15) is 11.5 Å². The Morgan fingerprint density at radius 1 is 0.625 bits per heavy atom. The zero-order valence-corrected chi connectivity index (χ0v) is 24.2. The molecule has 0 unspecified atom stereocenters. The minimum atomic E-state index is -0.107. The monoisotopic (exact) mass is 596 g/mol. The normalized spacial score (nSPS) is 16.4. The third-order valence-electron chi connectivity index (χ3n) is 6.75. The zero-order valence-electron chi connectivity index (χ0n) is 20.9. The number of hydrogen-bond donors (Lipinski definition) is 0. The van der Waals surface area contributed by atoms with Gasteiger partial charge >= 0.3 is 0 Å². The first-order valence-corrected chi connectivity index (χ1v) is 15.6. The van der Waals surface area contributed by atoms with Crippen LogP contribution in [0.25, 0.3) is 53.7 Å². The van der Waals surface area contributed by atoms with Gasteiger partial charge in [-0.2, -0.15) is 0 Å². The molecule has 194 valence electrons. The van der Waals surface area contributed by atoms with Crippen molar-refractivity contribution in [3.05, 3.63) is 83.1 Å². The third-order valence-corrected chi connectivity index (χ3v) is 10.7. The largest absolute Gasteiger partial charge is 0.459 e. The summed E-state index contributed by atoms with van der Waals surface area (Å²) < 4.78 is 11.9. The summed E-state index contributed by atoms with van der Waals surface area (Å²) in [7, 11) is 0. The maximum atomic E-state index is 13.2. The van der Waals surface area contributed by atoms with Crippen molar-refractivity contribution in [1.82, 2.24) is 9.97 Å². The van der Waals surface area contributed by atoms with E-state index in [1.54, 1.807) is 0 Å². The van der Waals surface area contributed by atoms with Crippen molar-refractivity contribution in [1.29, 1.82) is 0 Å². The van der Waals surface area contributed by atoms with Crippen molar-refractivity contribution >= 4 is 77.2 Å². The van der Waals surface area contributed by atoms with Crippen LogP contribution in [0.4, 0.5) is 0 Å². The van der Waals surface area contributed by atoms with E-state index in [0.717, 1.165) is 75.0 Å². The first-order valence-electron chi connectivity index (χ1n) is 12.3. The number of thiazole rings is 2. The number of carbonyl (C=O) groups is 2. The molecule has 0 spiro atoms. The van der Waals surface area contributed by atoms with Crippen LogP contribution in [-0.2, 0) is 9.59 Å². The third kappa shape index (κ3) is 3.78. The molecule has 0 radical (unpaired) electrons. The van der Waals surface area contributed by atoms with Gasteiger partial charge in [0.15, 0.2) is 31.2 Å². The summed E-state index contributed by atoms with van der Waals surface area (Å²) in [4.78, 5) is 39.0. The van der Waals surface area contributed by atoms with E-state index in [-0.39, 0.29) is 10.2 Å². The SMILES string of the molecule is Cc1ccc2c(c1)SC(=O)/C2=C1/C(=O)Sc2cc(-c3ccc(-c4nc5sc(-c6ccc(C)o6)nc5s4)o3)ccc21. The first kappa shape index (κ1) is 24.1. The van der Waals surface area contributed by atoms with E-state index in [1.807, 2.05) is 74.5 Å². The van der Waals surface area contributed by atoms with Gasteiger partial charge < -0.3 is 8.83 Å². The fraction of sp³-hybridized carbons (Fsp3) is 0.0667. The second kappa shape index (κ2) is 8.90. The van der Waals surface area contributed by atoms with Gasteiger partial charge in [-0.05, 0) is 79.3 Å². The highest BCUT2D eigenvalue weighted by molar-refractivity contribution is 8.16. The quantitative estimate of drug-likeness (QED) is 0.188. The van der Waals surface area contributed by atoms with Crippen LogP contribution in [0.3, 0.4) is 0 Å². The second-order valence-electron chi connectivity index (χ2n) is 9.46. The lowest BCUT2D eigenvalue weighted by atomic mass is 9.95. The molecule has 10 heteroatoms. The molecule has 40 heavy (non-hydrogen) atoms. The summed E-state index contributed by atoms with van der Waals surface area (Å²) in [6, 6.07) is 19.4. The van der Waals surface area contributed by atoms with Crippen molar-refractivity contribution < 1.29 is 18.4 Å². The molecule has 2 aliphatic heterocycles. The number of benzene rings is 2. The van der Waals surface area contributed by atoms with Crippen molar-refractivity contribution in [2.24, 2.45) is 0 Å². The molecule has 2 aliphatic rings. The first-order chi connectivity index (χ1) is 19.4. The molecule has 6 aromatic rings. The second-order valence-corrected chi connectivity index (χ2v) is 13.4. The van der Waals surface area contributed by atoms with Crippen molar-refractivity contribution in [3.8, 4) is 32.9 Å². The molecule has 8 rings (SSSR count). The number of nitrogens with zero attached hydrogens (tertiary/aromatic N) is 2. The van der Waals surface area contributed by atoms with Crippen molar-refractivity contribution in [2.75, 3.05) is 0 Å². The molecular weight excluding hydrogens is 581 g/mol. The van der Waals surface area contributed by atoms with E-state index >= 15 is 0 Å². The van der Waals surface area contributed by atoms with Crippen LogP contribution in [0, 0.1) is 13.8 Å². The molecule has 0 saturated carbocycles. The zero-order chi connectivity index (χ0) is 27.1. The van der Waals surface area contributed by atoms with Gasteiger partial charge in [-0.15, -0.1) is 0 Å². The predicted octanol–water partition coefficient (Wildman–Crippen LogP) is 8.73. The van der Waals surface area contributed by atoms with Gasteiger partial charge in [0, 0.05) is 37.6 Å². The average Bonchev–Trinajstić information content (AvgIpc) is 3.74. The summed E-state index contributed by atoms with van der Waals surface area (Å²) in [6.07, 6.45) is 0. The molecule has 0 aliphatic carbocycles. The lowest BCUT2D eigenvalue weighted by Gasteiger charge is -2.06. The lowest BCUT2D eigenvalue weighted by molar-refractivity contribution is -0.107. The Hall–Kier alpha value is -3.70. The Morgan fingerprint density at radius 3 is 1.85 bits per heavy atom. The fourth-order valence-corrected chi connectivity index (χ4v) is 8.88. The number of furan rings is 2. The van der Waals surface area contributed by atoms with E-state index in [0.29, 0.717) is 22.7 Å². The fourth-order valence-electron chi connectivity index (χ4n) is 4.89.